The Hall–Kier alpha value is -1.26. The first-order chi connectivity index (χ1) is 8.45. The van der Waals surface area contributed by atoms with Gasteiger partial charge in [-0.1, -0.05) is 20.8 Å². The topological polar surface area (TPSA) is 58.6 Å². The van der Waals surface area contributed by atoms with Crippen molar-refractivity contribution in [1.29, 1.82) is 0 Å². The minimum atomic E-state index is -0.568. The second kappa shape index (κ2) is 6.61. The summed E-state index contributed by atoms with van der Waals surface area (Å²) in [6.07, 6.45) is 2.05. The molecule has 0 unspecified atom stereocenters. The molecule has 1 aliphatic rings. The lowest BCUT2D eigenvalue weighted by atomic mass is 9.99. The smallest absolute Gasteiger partial charge is 0.328 e. The molecule has 2 amide bonds. The molecule has 0 saturated carbocycles. The summed E-state index contributed by atoms with van der Waals surface area (Å²) in [5, 5.41) is 2.76. The number of carbonyl (C=O) groups excluding carboxylic acids is 2. The van der Waals surface area contributed by atoms with Crippen LogP contribution in [0.15, 0.2) is 0 Å². The van der Waals surface area contributed by atoms with E-state index in [1.54, 1.807) is 4.90 Å². The lowest BCUT2D eigenvalue weighted by molar-refractivity contribution is -0.144. The van der Waals surface area contributed by atoms with Crippen LogP contribution >= 0.6 is 0 Å². The van der Waals surface area contributed by atoms with Crippen molar-refractivity contribution in [3.8, 4) is 0 Å². The summed E-state index contributed by atoms with van der Waals surface area (Å²) in [4.78, 5) is 25.4. The number of hydrogen-bond acceptors (Lipinski definition) is 3. The summed E-state index contributed by atoms with van der Waals surface area (Å²) >= 11 is 0. The molecule has 0 aromatic carbocycles. The number of ether oxygens (including phenoxy) is 1. The van der Waals surface area contributed by atoms with Gasteiger partial charge in [-0.3, -0.25) is 0 Å². The average molecular weight is 256 g/mol. The van der Waals surface area contributed by atoms with E-state index in [-0.39, 0.29) is 17.9 Å². The molecular weight excluding hydrogens is 232 g/mol. The van der Waals surface area contributed by atoms with Gasteiger partial charge in [-0.05, 0) is 24.7 Å². The molecule has 0 spiro atoms. The van der Waals surface area contributed by atoms with Crippen molar-refractivity contribution in [1.82, 2.24) is 10.2 Å². The van der Waals surface area contributed by atoms with Gasteiger partial charge in [-0.2, -0.15) is 0 Å². The number of nitrogens with zero attached hydrogens (tertiary/aromatic N) is 1. The zero-order chi connectivity index (χ0) is 13.7. The summed E-state index contributed by atoms with van der Waals surface area (Å²) in [5.74, 6) is 0.310. The van der Waals surface area contributed by atoms with E-state index in [4.69, 9.17) is 4.74 Å². The Morgan fingerprint density at radius 1 is 1.28 bits per heavy atom. The molecule has 1 rings (SSSR count). The molecule has 1 fully saturated rings. The lowest BCUT2D eigenvalue weighted by Gasteiger charge is -2.32. The van der Waals surface area contributed by atoms with Crippen LogP contribution in [0, 0.1) is 11.8 Å². The van der Waals surface area contributed by atoms with Crippen LogP contribution in [-0.2, 0) is 9.53 Å². The zero-order valence-corrected chi connectivity index (χ0v) is 11.7. The Morgan fingerprint density at radius 2 is 1.83 bits per heavy atom. The van der Waals surface area contributed by atoms with Gasteiger partial charge < -0.3 is 15.0 Å². The number of rotatable bonds is 3. The van der Waals surface area contributed by atoms with Crippen molar-refractivity contribution in [2.45, 2.75) is 39.7 Å². The number of nitrogens with one attached hydrogen (secondary N) is 1. The maximum absolute atomic E-state index is 12.0. The molecule has 1 heterocycles. The van der Waals surface area contributed by atoms with E-state index in [1.165, 1.54) is 7.11 Å². The number of piperidine rings is 1. The minimum Gasteiger partial charge on any atom is -0.467 e. The Kier molecular flexibility index (Phi) is 5.44. The molecule has 1 N–H and O–H groups in total. The molecule has 1 aliphatic heterocycles. The van der Waals surface area contributed by atoms with Crippen LogP contribution in [0.4, 0.5) is 4.79 Å². The molecule has 0 bridgehead atoms. The summed E-state index contributed by atoms with van der Waals surface area (Å²) in [7, 11) is 1.34. The Bertz CT molecular complexity index is 297. The second-order valence-corrected chi connectivity index (χ2v) is 5.36. The highest BCUT2D eigenvalue weighted by Gasteiger charge is 2.28. The first kappa shape index (κ1) is 14.8. The largest absolute Gasteiger partial charge is 0.467 e. The van der Waals surface area contributed by atoms with Crippen molar-refractivity contribution in [3.05, 3.63) is 0 Å². The van der Waals surface area contributed by atoms with Crippen LogP contribution in [0.25, 0.3) is 0 Å². The van der Waals surface area contributed by atoms with Crippen LogP contribution in [-0.4, -0.2) is 43.1 Å². The van der Waals surface area contributed by atoms with Gasteiger partial charge in [-0.15, -0.1) is 0 Å². The van der Waals surface area contributed by atoms with E-state index in [9.17, 15) is 9.59 Å². The van der Waals surface area contributed by atoms with E-state index >= 15 is 0 Å². The fourth-order valence-corrected chi connectivity index (χ4v) is 2.06. The molecule has 0 aromatic rings. The number of urea groups is 1. The summed E-state index contributed by atoms with van der Waals surface area (Å²) in [6, 6.07) is -0.729. The number of carbonyl (C=O) groups is 2. The lowest BCUT2D eigenvalue weighted by Crippen LogP contribution is -2.52. The monoisotopic (exact) mass is 256 g/mol. The minimum absolute atomic E-state index is 0.0186. The van der Waals surface area contributed by atoms with Gasteiger partial charge in [0.1, 0.15) is 6.04 Å². The molecule has 5 nitrogen and oxygen atoms in total. The number of hydrogen-bond donors (Lipinski definition) is 1. The summed E-state index contributed by atoms with van der Waals surface area (Å²) in [5.41, 5.74) is 0. The van der Waals surface area contributed by atoms with Crippen LogP contribution in [0.5, 0.6) is 0 Å². The fraction of sp³-hybridized carbons (Fsp3) is 0.846. The van der Waals surface area contributed by atoms with Crippen LogP contribution < -0.4 is 5.32 Å². The van der Waals surface area contributed by atoms with Crippen molar-refractivity contribution >= 4 is 12.0 Å². The standard InChI is InChI=1S/C13H24N2O3/c1-9(2)11(12(16)18-4)14-13(17)15-7-5-10(3)6-8-15/h9-11H,5-8H2,1-4H3,(H,14,17)/t11-/m0/s1. The van der Waals surface area contributed by atoms with Crippen LogP contribution in [0.1, 0.15) is 33.6 Å². The first-order valence-corrected chi connectivity index (χ1v) is 6.59. The van der Waals surface area contributed by atoms with Crippen LogP contribution in [0.2, 0.25) is 0 Å². The van der Waals surface area contributed by atoms with Gasteiger partial charge in [0, 0.05) is 13.1 Å². The SMILES string of the molecule is COC(=O)[C@@H](NC(=O)N1CCC(C)CC1)C(C)C. The van der Waals surface area contributed by atoms with Crippen molar-refractivity contribution in [2.24, 2.45) is 11.8 Å². The maximum atomic E-state index is 12.0. The highest BCUT2D eigenvalue weighted by atomic mass is 16.5. The number of amides is 2. The molecular formula is C13H24N2O3. The van der Waals surface area contributed by atoms with E-state index in [0.717, 1.165) is 25.9 Å². The number of likely N-dealkylation sites (tertiary alicyclic amines) is 1. The maximum Gasteiger partial charge on any atom is 0.328 e. The quantitative estimate of drug-likeness (QED) is 0.781. The highest BCUT2D eigenvalue weighted by molar-refractivity contribution is 5.83. The van der Waals surface area contributed by atoms with Crippen molar-refractivity contribution in [3.63, 3.8) is 0 Å². The normalized spacial score (nSPS) is 18.6. The molecule has 1 saturated heterocycles. The van der Waals surface area contributed by atoms with E-state index in [0.29, 0.717) is 5.92 Å². The van der Waals surface area contributed by atoms with Gasteiger partial charge in [0.2, 0.25) is 0 Å². The summed E-state index contributed by atoms with van der Waals surface area (Å²) < 4.78 is 4.71. The predicted molar refractivity (Wildman–Crippen MR) is 69.1 cm³/mol. The second-order valence-electron chi connectivity index (χ2n) is 5.36. The zero-order valence-electron chi connectivity index (χ0n) is 11.7. The molecule has 0 aliphatic carbocycles. The molecule has 104 valence electrons. The molecule has 0 aromatic heterocycles. The molecule has 1 atom stereocenters. The van der Waals surface area contributed by atoms with Gasteiger partial charge in [0.15, 0.2) is 0 Å². The average Bonchev–Trinajstić information content (AvgIpc) is 2.35. The Labute approximate surface area is 109 Å². The molecule has 18 heavy (non-hydrogen) atoms. The third kappa shape index (κ3) is 3.89. The van der Waals surface area contributed by atoms with Crippen molar-refractivity contribution in [2.75, 3.05) is 20.2 Å². The molecule has 0 radical (unpaired) electrons. The van der Waals surface area contributed by atoms with Crippen molar-refractivity contribution < 1.29 is 14.3 Å². The van der Waals surface area contributed by atoms with E-state index in [2.05, 4.69) is 12.2 Å². The predicted octanol–water partition coefficient (Wildman–Crippen LogP) is 1.63. The van der Waals surface area contributed by atoms with Gasteiger partial charge in [-0.25, -0.2) is 9.59 Å². The third-order valence-corrected chi connectivity index (χ3v) is 3.47. The third-order valence-electron chi connectivity index (χ3n) is 3.47. The molecule has 5 heteroatoms. The van der Waals surface area contributed by atoms with E-state index in [1.807, 2.05) is 13.8 Å². The Morgan fingerprint density at radius 3 is 2.28 bits per heavy atom. The van der Waals surface area contributed by atoms with Gasteiger partial charge in [0.05, 0.1) is 7.11 Å². The number of methoxy groups -OCH3 is 1. The summed E-state index contributed by atoms with van der Waals surface area (Å²) in [6.45, 7) is 7.50. The fourth-order valence-electron chi connectivity index (χ4n) is 2.06. The highest BCUT2D eigenvalue weighted by Crippen LogP contribution is 2.16. The Balaban J connectivity index is 2.53. The number of esters is 1. The first-order valence-electron chi connectivity index (χ1n) is 6.59. The van der Waals surface area contributed by atoms with Gasteiger partial charge >= 0.3 is 12.0 Å². The van der Waals surface area contributed by atoms with Gasteiger partial charge in [0.25, 0.3) is 0 Å². The van der Waals surface area contributed by atoms with Crippen LogP contribution in [0.3, 0.4) is 0 Å². The van der Waals surface area contributed by atoms with E-state index < -0.39 is 6.04 Å².